The summed E-state index contributed by atoms with van der Waals surface area (Å²) in [5.74, 6) is 0.0594. The Labute approximate surface area is 147 Å². The first-order valence-corrected chi connectivity index (χ1v) is 8.39. The summed E-state index contributed by atoms with van der Waals surface area (Å²) >= 11 is 0. The molecule has 0 bridgehead atoms. The molecule has 134 valence electrons. The summed E-state index contributed by atoms with van der Waals surface area (Å²) in [6, 6.07) is 6.33. The number of carbonyl (C=O) groups is 1. The van der Waals surface area contributed by atoms with E-state index in [1.807, 2.05) is 6.07 Å². The van der Waals surface area contributed by atoms with Crippen LogP contribution in [0.3, 0.4) is 0 Å². The van der Waals surface area contributed by atoms with Crippen LogP contribution in [-0.4, -0.2) is 43.6 Å². The first-order valence-electron chi connectivity index (χ1n) is 8.39. The van der Waals surface area contributed by atoms with Crippen molar-refractivity contribution in [1.29, 1.82) is 5.26 Å². The first kappa shape index (κ1) is 18.7. The third kappa shape index (κ3) is 4.92. The first-order chi connectivity index (χ1) is 12.1. The number of likely N-dealkylation sites (tertiary alicyclic amines) is 1. The topological polar surface area (TPSA) is 77.7 Å². The van der Waals surface area contributed by atoms with Gasteiger partial charge in [-0.1, -0.05) is 6.07 Å². The van der Waals surface area contributed by atoms with Crippen molar-refractivity contribution in [3.05, 3.63) is 35.1 Å². The third-order valence-electron chi connectivity index (χ3n) is 4.25. The van der Waals surface area contributed by atoms with Crippen LogP contribution in [0.1, 0.15) is 30.9 Å². The monoisotopic (exact) mass is 346 g/mol. The number of hydrogen-bond acceptors (Lipinski definition) is 4. The molecule has 1 N–H and O–H groups in total. The number of rotatable bonds is 4. The number of hydrogen-bond donors (Lipinski definition) is 1. The van der Waals surface area contributed by atoms with Gasteiger partial charge in [-0.3, -0.25) is 9.79 Å². The summed E-state index contributed by atoms with van der Waals surface area (Å²) in [7, 11) is 1.68. The van der Waals surface area contributed by atoms with E-state index in [4.69, 9.17) is 10.00 Å². The molecule has 0 aromatic heterocycles. The maximum Gasteiger partial charge on any atom is 0.309 e. The fourth-order valence-corrected chi connectivity index (χ4v) is 2.85. The lowest BCUT2D eigenvalue weighted by Crippen LogP contribution is -2.46. The molecule has 6 nitrogen and oxygen atoms in total. The zero-order valence-corrected chi connectivity index (χ0v) is 14.6. The molecule has 0 radical (unpaired) electrons. The molecule has 25 heavy (non-hydrogen) atoms. The van der Waals surface area contributed by atoms with E-state index in [1.54, 1.807) is 26.1 Å². The van der Waals surface area contributed by atoms with Crippen LogP contribution in [0, 0.1) is 23.1 Å². The molecule has 0 amide bonds. The van der Waals surface area contributed by atoms with Crippen molar-refractivity contribution in [2.24, 2.45) is 10.9 Å². The zero-order chi connectivity index (χ0) is 18.2. The normalized spacial score (nSPS) is 15.6. The number of nitriles is 1. The second-order valence-electron chi connectivity index (χ2n) is 5.83. The molecule has 1 heterocycles. The Morgan fingerprint density at radius 1 is 1.48 bits per heavy atom. The summed E-state index contributed by atoms with van der Waals surface area (Å²) in [6.07, 6.45) is 1.43. The average molecular weight is 346 g/mol. The minimum absolute atomic E-state index is 0.0646. The average Bonchev–Trinajstić information content (AvgIpc) is 2.64. The number of nitrogens with one attached hydrogen (secondary N) is 1. The quantitative estimate of drug-likeness (QED) is 0.513. The Morgan fingerprint density at radius 3 is 2.76 bits per heavy atom. The van der Waals surface area contributed by atoms with Crippen molar-refractivity contribution in [2.75, 3.05) is 26.7 Å². The molecule has 7 heteroatoms. The largest absolute Gasteiger partial charge is 0.466 e. The van der Waals surface area contributed by atoms with Gasteiger partial charge >= 0.3 is 5.97 Å². The fourth-order valence-electron chi connectivity index (χ4n) is 2.85. The Hall–Kier alpha value is -2.62. The molecule has 1 aromatic rings. The van der Waals surface area contributed by atoms with Gasteiger partial charge < -0.3 is 15.0 Å². The van der Waals surface area contributed by atoms with Crippen LogP contribution in [0.15, 0.2) is 23.2 Å². The summed E-state index contributed by atoms with van der Waals surface area (Å²) in [5, 5.41) is 11.9. The van der Waals surface area contributed by atoms with E-state index in [2.05, 4.69) is 15.2 Å². The lowest BCUT2D eigenvalue weighted by molar-refractivity contribution is -0.149. The summed E-state index contributed by atoms with van der Waals surface area (Å²) in [5.41, 5.74) is 0.772. The van der Waals surface area contributed by atoms with Crippen LogP contribution in [-0.2, 0) is 16.1 Å². The van der Waals surface area contributed by atoms with E-state index < -0.39 is 5.82 Å². The Bertz CT molecular complexity index is 676. The zero-order valence-electron chi connectivity index (χ0n) is 14.6. The van der Waals surface area contributed by atoms with E-state index in [0.717, 1.165) is 0 Å². The molecule has 2 rings (SSSR count). The van der Waals surface area contributed by atoms with E-state index in [-0.39, 0.29) is 18.4 Å². The maximum absolute atomic E-state index is 14.0. The van der Waals surface area contributed by atoms with E-state index in [1.165, 1.54) is 6.07 Å². The van der Waals surface area contributed by atoms with Crippen molar-refractivity contribution >= 4 is 11.9 Å². The molecule has 1 aromatic carbocycles. The number of ether oxygens (including phenoxy) is 1. The summed E-state index contributed by atoms with van der Waals surface area (Å²) in [4.78, 5) is 18.1. The molecule has 0 saturated carbocycles. The van der Waals surface area contributed by atoms with Crippen molar-refractivity contribution in [2.45, 2.75) is 26.3 Å². The van der Waals surface area contributed by atoms with E-state index in [9.17, 15) is 9.18 Å². The van der Waals surface area contributed by atoms with Gasteiger partial charge in [-0.15, -0.1) is 0 Å². The van der Waals surface area contributed by atoms with Gasteiger partial charge in [0.05, 0.1) is 24.2 Å². The van der Waals surface area contributed by atoms with Gasteiger partial charge in [-0.2, -0.15) is 5.26 Å². The molecular weight excluding hydrogens is 323 g/mol. The van der Waals surface area contributed by atoms with Gasteiger partial charge in [0.1, 0.15) is 5.82 Å². The molecule has 1 fully saturated rings. The molecule has 0 spiro atoms. The number of benzene rings is 1. The number of piperidine rings is 1. The molecule has 1 saturated heterocycles. The van der Waals surface area contributed by atoms with Gasteiger partial charge in [0.2, 0.25) is 0 Å². The van der Waals surface area contributed by atoms with E-state index >= 15 is 0 Å². The Kier molecular flexibility index (Phi) is 6.75. The minimum atomic E-state index is -0.414. The molecule has 0 unspecified atom stereocenters. The van der Waals surface area contributed by atoms with Gasteiger partial charge in [0, 0.05) is 32.2 Å². The molecular formula is C18H23FN4O2. The Balaban J connectivity index is 1.90. The highest BCUT2D eigenvalue weighted by atomic mass is 19.1. The number of aliphatic imine (C=N–C) groups is 1. The molecule has 0 aliphatic carbocycles. The summed E-state index contributed by atoms with van der Waals surface area (Å²) < 4.78 is 19.0. The lowest BCUT2D eigenvalue weighted by atomic mass is 9.97. The smallest absolute Gasteiger partial charge is 0.309 e. The highest BCUT2D eigenvalue weighted by Gasteiger charge is 2.27. The van der Waals surface area contributed by atoms with Crippen molar-refractivity contribution in [3.8, 4) is 6.07 Å². The number of carbonyl (C=O) groups excluding carboxylic acids is 1. The highest BCUT2D eigenvalue weighted by Crippen LogP contribution is 2.19. The highest BCUT2D eigenvalue weighted by molar-refractivity contribution is 5.80. The molecule has 0 atom stereocenters. The van der Waals surface area contributed by atoms with Crippen LogP contribution in [0.5, 0.6) is 0 Å². The molecule has 1 aliphatic heterocycles. The minimum Gasteiger partial charge on any atom is -0.466 e. The SMILES string of the molecule is CCOC(=O)C1CCN(C(=NC)NCc2ccc(C#N)cc2F)CC1. The van der Waals surface area contributed by atoms with Crippen LogP contribution in [0.2, 0.25) is 0 Å². The number of halogens is 1. The van der Waals surface area contributed by atoms with Crippen molar-refractivity contribution in [3.63, 3.8) is 0 Å². The second-order valence-corrected chi connectivity index (χ2v) is 5.83. The third-order valence-corrected chi connectivity index (χ3v) is 4.25. The second kappa shape index (κ2) is 9.02. The number of esters is 1. The predicted molar refractivity (Wildman–Crippen MR) is 92.2 cm³/mol. The van der Waals surface area contributed by atoms with Crippen LogP contribution < -0.4 is 5.32 Å². The van der Waals surface area contributed by atoms with Gasteiger partial charge in [-0.05, 0) is 31.9 Å². The fraction of sp³-hybridized carbons (Fsp3) is 0.500. The standard InChI is InChI=1S/C18H23FN4O2/c1-3-25-17(24)14-6-8-23(9-7-14)18(21-2)22-12-15-5-4-13(11-20)10-16(15)19/h4-5,10,14H,3,6-9,12H2,1-2H3,(H,21,22). The van der Waals surface area contributed by atoms with Crippen LogP contribution >= 0.6 is 0 Å². The van der Waals surface area contributed by atoms with Gasteiger partial charge in [-0.25, -0.2) is 4.39 Å². The predicted octanol–water partition coefficient (Wildman–Crippen LogP) is 2.05. The summed E-state index contributed by atoms with van der Waals surface area (Å²) in [6.45, 7) is 3.87. The lowest BCUT2D eigenvalue weighted by Gasteiger charge is -2.33. The van der Waals surface area contributed by atoms with Crippen molar-refractivity contribution < 1.29 is 13.9 Å². The number of guanidine groups is 1. The van der Waals surface area contributed by atoms with Gasteiger partial charge in [0.15, 0.2) is 5.96 Å². The van der Waals surface area contributed by atoms with Gasteiger partial charge in [0.25, 0.3) is 0 Å². The number of nitrogens with zero attached hydrogens (tertiary/aromatic N) is 3. The van der Waals surface area contributed by atoms with Crippen LogP contribution in [0.25, 0.3) is 0 Å². The van der Waals surface area contributed by atoms with Crippen LogP contribution in [0.4, 0.5) is 4.39 Å². The Morgan fingerprint density at radius 2 is 2.20 bits per heavy atom. The van der Waals surface area contributed by atoms with E-state index in [0.29, 0.717) is 49.6 Å². The molecule has 1 aliphatic rings. The van der Waals surface area contributed by atoms with Crippen molar-refractivity contribution in [1.82, 2.24) is 10.2 Å². The maximum atomic E-state index is 14.0.